The second-order valence-corrected chi connectivity index (χ2v) is 8.60. The number of hydrogen-bond acceptors (Lipinski definition) is 4. The van der Waals surface area contributed by atoms with Gasteiger partial charge in [0.2, 0.25) is 10.0 Å². The summed E-state index contributed by atoms with van der Waals surface area (Å²) in [5, 5.41) is 3.06. The Balaban J connectivity index is 2.17. The zero-order valence-corrected chi connectivity index (χ0v) is 13.4. The number of nitrogens with one attached hydrogen (secondary N) is 1. The van der Waals surface area contributed by atoms with Crippen LogP contribution in [0.1, 0.15) is 29.0 Å². The van der Waals surface area contributed by atoms with E-state index in [1.165, 1.54) is 10.7 Å². The van der Waals surface area contributed by atoms with Crippen molar-refractivity contribution in [1.29, 1.82) is 0 Å². The Bertz CT molecular complexity index is 533. The predicted molar refractivity (Wildman–Crippen MR) is 79.0 cm³/mol. The van der Waals surface area contributed by atoms with Crippen LogP contribution in [0.2, 0.25) is 0 Å². The summed E-state index contributed by atoms with van der Waals surface area (Å²) in [5.41, 5.74) is 0. The van der Waals surface area contributed by atoms with Gasteiger partial charge in [-0.25, -0.2) is 12.7 Å². The van der Waals surface area contributed by atoms with E-state index in [2.05, 4.69) is 5.32 Å². The molecule has 108 valence electrons. The lowest BCUT2D eigenvalue weighted by Gasteiger charge is -2.29. The van der Waals surface area contributed by atoms with Gasteiger partial charge in [-0.2, -0.15) is 0 Å². The maximum absolute atomic E-state index is 12.6. The molecule has 0 bridgehead atoms. The summed E-state index contributed by atoms with van der Waals surface area (Å²) in [6.07, 6.45) is 3.56. The molecule has 0 radical (unpaired) electrons. The number of rotatable bonds is 6. The summed E-state index contributed by atoms with van der Waals surface area (Å²) in [4.78, 5) is 2.42. The van der Waals surface area contributed by atoms with E-state index in [9.17, 15) is 8.42 Å². The first-order valence-corrected chi connectivity index (χ1v) is 8.91. The van der Waals surface area contributed by atoms with Gasteiger partial charge in [0.05, 0.1) is 4.90 Å². The highest BCUT2D eigenvalue weighted by molar-refractivity contribution is 7.89. The summed E-state index contributed by atoms with van der Waals surface area (Å²) >= 11 is 1.55. The predicted octanol–water partition coefficient (Wildman–Crippen LogP) is 2.20. The maximum Gasteiger partial charge on any atom is 0.243 e. The molecule has 4 nitrogen and oxygen atoms in total. The third-order valence-corrected chi connectivity index (χ3v) is 6.83. The number of hydrogen-bond donors (Lipinski definition) is 1. The van der Waals surface area contributed by atoms with Gasteiger partial charge in [0.1, 0.15) is 0 Å². The van der Waals surface area contributed by atoms with Crippen molar-refractivity contribution in [3.8, 4) is 0 Å². The first kappa shape index (κ1) is 15.0. The molecule has 0 spiro atoms. The van der Waals surface area contributed by atoms with Gasteiger partial charge in [-0.3, -0.25) is 0 Å². The Morgan fingerprint density at radius 3 is 2.68 bits per heavy atom. The van der Waals surface area contributed by atoms with Crippen LogP contribution in [-0.2, 0) is 16.6 Å². The minimum atomic E-state index is -3.32. The summed E-state index contributed by atoms with van der Waals surface area (Å²) in [7, 11) is 0.242. The van der Waals surface area contributed by atoms with Crippen molar-refractivity contribution in [3.05, 3.63) is 15.8 Å². The number of sulfonamides is 1. The lowest BCUT2D eigenvalue weighted by Crippen LogP contribution is -2.34. The largest absolute Gasteiger partial charge is 0.315 e. The summed E-state index contributed by atoms with van der Waals surface area (Å²) in [6.45, 7) is 3.25. The SMILES string of the molecule is CNCc1cc(S(=O)(=O)N(C)CC2CCC2)c(C)s1. The fourth-order valence-corrected chi connectivity index (χ4v) is 5.21. The van der Waals surface area contributed by atoms with E-state index in [4.69, 9.17) is 0 Å². The monoisotopic (exact) mass is 302 g/mol. The van der Waals surface area contributed by atoms with E-state index in [-0.39, 0.29) is 0 Å². The van der Waals surface area contributed by atoms with Crippen LogP contribution in [0.5, 0.6) is 0 Å². The van der Waals surface area contributed by atoms with Crippen molar-refractivity contribution in [2.75, 3.05) is 20.6 Å². The van der Waals surface area contributed by atoms with Crippen molar-refractivity contribution < 1.29 is 8.42 Å². The molecule has 1 aliphatic rings. The third kappa shape index (κ3) is 3.18. The molecule has 0 aromatic carbocycles. The van der Waals surface area contributed by atoms with Gasteiger partial charge in [-0.05, 0) is 38.8 Å². The molecule has 2 rings (SSSR count). The zero-order chi connectivity index (χ0) is 14.0. The highest BCUT2D eigenvalue weighted by Crippen LogP contribution is 2.31. The molecule has 0 aliphatic heterocycles. The van der Waals surface area contributed by atoms with E-state index < -0.39 is 10.0 Å². The smallest absolute Gasteiger partial charge is 0.243 e. The molecule has 1 N–H and O–H groups in total. The van der Waals surface area contributed by atoms with Crippen LogP contribution >= 0.6 is 11.3 Å². The van der Waals surface area contributed by atoms with Crippen LogP contribution in [0.25, 0.3) is 0 Å². The van der Waals surface area contributed by atoms with Crippen LogP contribution < -0.4 is 5.32 Å². The molecule has 1 aromatic rings. The van der Waals surface area contributed by atoms with Gasteiger partial charge in [0.25, 0.3) is 0 Å². The van der Waals surface area contributed by atoms with Crippen LogP contribution in [0.4, 0.5) is 0 Å². The Hall–Kier alpha value is -0.430. The van der Waals surface area contributed by atoms with E-state index in [1.54, 1.807) is 18.4 Å². The molecule has 1 fully saturated rings. The fourth-order valence-electron chi connectivity index (χ4n) is 2.35. The molecule has 0 saturated heterocycles. The fraction of sp³-hybridized carbons (Fsp3) is 0.692. The second-order valence-electron chi connectivity index (χ2n) is 5.25. The normalized spacial score (nSPS) is 16.8. The first-order chi connectivity index (χ1) is 8.95. The summed E-state index contributed by atoms with van der Waals surface area (Å²) in [6, 6.07) is 1.81. The summed E-state index contributed by atoms with van der Waals surface area (Å²) in [5.74, 6) is 0.551. The van der Waals surface area contributed by atoms with Crippen LogP contribution in [0.3, 0.4) is 0 Å². The molecule has 0 unspecified atom stereocenters. The quantitative estimate of drug-likeness (QED) is 0.876. The molecule has 0 atom stereocenters. The number of nitrogens with zero attached hydrogens (tertiary/aromatic N) is 1. The van der Waals surface area contributed by atoms with Gasteiger partial charge in [-0.1, -0.05) is 6.42 Å². The number of aryl methyl sites for hydroxylation is 1. The lowest BCUT2D eigenvalue weighted by atomic mass is 9.86. The van der Waals surface area contributed by atoms with Gasteiger partial charge in [-0.15, -0.1) is 11.3 Å². The summed E-state index contributed by atoms with van der Waals surface area (Å²) < 4.78 is 26.6. The van der Waals surface area contributed by atoms with Gasteiger partial charge < -0.3 is 5.32 Å². The van der Waals surface area contributed by atoms with Gasteiger partial charge >= 0.3 is 0 Å². The van der Waals surface area contributed by atoms with E-state index in [0.717, 1.165) is 22.6 Å². The second kappa shape index (κ2) is 5.91. The Labute approximate surface area is 119 Å². The maximum atomic E-state index is 12.6. The highest BCUT2D eigenvalue weighted by atomic mass is 32.2. The lowest BCUT2D eigenvalue weighted by molar-refractivity contribution is 0.263. The van der Waals surface area contributed by atoms with Crippen molar-refractivity contribution in [3.63, 3.8) is 0 Å². The topological polar surface area (TPSA) is 49.4 Å². The molecule has 1 aliphatic carbocycles. The molecule has 0 amide bonds. The highest BCUT2D eigenvalue weighted by Gasteiger charge is 2.28. The molecule has 19 heavy (non-hydrogen) atoms. The van der Waals surface area contributed by atoms with E-state index >= 15 is 0 Å². The number of thiophene rings is 1. The van der Waals surface area contributed by atoms with Crippen molar-refractivity contribution in [2.45, 2.75) is 37.6 Å². The van der Waals surface area contributed by atoms with Gasteiger partial charge in [0, 0.05) is 29.9 Å². The molecular weight excluding hydrogens is 280 g/mol. The van der Waals surface area contributed by atoms with E-state index in [1.807, 2.05) is 20.0 Å². The average Bonchev–Trinajstić information content (AvgIpc) is 2.65. The Kier molecular flexibility index (Phi) is 4.66. The minimum Gasteiger partial charge on any atom is -0.315 e. The first-order valence-electron chi connectivity index (χ1n) is 6.65. The molecule has 1 saturated carbocycles. The molecule has 1 heterocycles. The third-order valence-electron chi connectivity index (χ3n) is 3.70. The Morgan fingerprint density at radius 1 is 1.47 bits per heavy atom. The van der Waals surface area contributed by atoms with Gasteiger partial charge in [0.15, 0.2) is 0 Å². The van der Waals surface area contributed by atoms with Crippen molar-refractivity contribution >= 4 is 21.4 Å². The van der Waals surface area contributed by atoms with Crippen molar-refractivity contribution in [1.82, 2.24) is 9.62 Å². The molecule has 1 aromatic heterocycles. The molecular formula is C13H22N2O2S2. The van der Waals surface area contributed by atoms with Crippen LogP contribution in [0.15, 0.2) is 11.0 Å². The Morgan fingerprint density at radius 2 is 2.16 bits per heavy atom. The molecule has 6 heteroatoms. The van der Waals surface area contributed by atoms with Crippen LogP contribution in [-0.4, -0.2) is 33.4 Å². The average molecular weight is 302 g/mol. The van der Waals surface area contributed by atoms with Crippen LogP contribution in [0, 0.1) is 12.8 Å². The zero-order valence-electron chi connectivity index (χ0n) is 11.8. The van der Waals surface area contributed by atoms with E-state index in [0.29, 0.717) is 23.9 Å². The minimum absolute atomic E-state index is 0.476. The standard InChI is InChI=1S/C13H22N2O2S2/c1-10-13(7-12(18-10)8-14-2)19(16,17)15(3)9-11-5-4-6-11/h7,11,14H,4-6,8-9H2,1-3H3. The van der Waals surface area contributed by atoms with Crippen molar-refractivity contribution in [2.24, 2.45) is 5.92 Å².